The Labute approximate surface area is 151 Å². The van der Waals surface area contributed by atoms with E-state index in [1.165, 1.54) is 16.2 Å². The Hall–Kier alpha value is -2.09. The lowest BCUT2D eigenvalue weighted by molar-refractivity contribution is -0.146. The molecule has 2 N–H and O–H groups in total. The van der Waals surface area contributed by atoms with Crippen molar-refractivity contribution in [1.29, 1.82) is 0 Å². The predicted molar refractivity (Wildman–Crippen MR) is 95.3 cm³/mol. The number of rotatable bonds is 5. The first kappa shape index (κ1) is 19.2. The van der Waals surface area contributed by atoms with Crippen LogP contribution in [0.5, 0.6) is 0 Å². The summed E-state index contributed by atoms with van der Waals surface area (Å²) in [6, 6.07) is -0.389. The minimum absolute atomic E-state index is 0.147. The van der Waals surface area contributed by atoms with Crippen LogP contribution in [-0.4, -0.2) is 47.7 Å². The zero-order valence-corrected chi connectivity index (χ0v) is 15.8. The summed E-state index contributed by atoms with van der Waals surface area (Å²) in [6.45, 7) is 7.99. The van der Waals surface area contributed by atoms with Crippen LogP contribution in [0.1, 0.15) is 48.0 Å². The number of carbonyl (C=O) groups is 3. The minimum Gasteiger partial charge on any atom is -0.481 e. The second-order valence-corrected chi connectivity index (χ2v) is 7.61. The quantitative estimate of drug-likeness (QED) is 0.779. The Bertz CT molecular complexity index is 699. The number of hydrogen-bond donors (Lipinski definition) is 2. The fourth-order valence-corrected chi connectivity index (χ4v) is 4.12. The van der Waals surface area contributed by atoms with Crippen LogP contribution in [0.4, 0.5) is 9.80 Å². The van der Waals surface area contributed by atoms with Crippen LogP contribution in [0, 0.1) is 12.3 Å². The van der Waals surface area contributed by atoms with Crippen molar-refractivity contribution in [2.75, 3.05) is 25.0 Å². The van der Waals surface area contributed by atoms with Crippen molar-refractivity contribution in [2.24, 2.45) is 5.41 Å². The summed E-state index contributed by atoms with van der Waals surface area (Å²) in [4.78, 5) is 38.6. The zero-order chi connectivity index (χ0) is 18.8. The molecule has 2 heterocycles. The number of aryl methyl sites for hydroxylation is 1. The zero-order valence-electron chi connectivity index (χ0n) is 15.0. The first-order chi connectivity index (χ1) is 11.7. The number of urea groups is 1. The normalized spacial score (nSPS) is 19.8. The summed E-state index contributed by atoms with van der Waals surface area (Å²) in [5.74, 6) is -1.36. The van der Waals surface area contributed by atoms with Crippen molar-refractivity contribution in [3.8, 4) is 0 Å². The van der Waals surface area contributed by atoms with Crippen molar-refractivity contribution in [2.45, 2.75) is 40.5 Å². The molecule has 1 aromatic heterocycles. The lowest BCUT2D eigenvalue weighted by Gasteiger charge is -2.20. The van der Waals surface area contributed by atoms with Gasteiger partial charge in [0.25, 0.3) is 0 Å². The van der Waals surface area contributed by atoms with Gasteiger partial charge in [-0.2, -0.15) is 0 Å². The fourth-order valence-electron chi connectivity index (χ4n) is 3.00. The summed E-state index contributed by atoms with van der Waals surface area (Å²) in [6.07, 6.45) is 1.07. The second-order valence-electron chi connectivity index (χ2n) is 6.38. The largest absolute Gasteiger partial charge is 0.481 e. The van der Waals surface area contributed by atoms with E-state index in [1.807, 2.05) is 13.8 Å². The molecule has 0 radical (unpaired) electrons. The maximum absolute atomic E-state index is 12.5. The van der Waals surface area contributed by atoms with Gasteiger partial charge in [-0.1, -0.05) is 6.92 Å². The topological polar surface area (TPSA) is 95.9 Å². The molecule has 1 aliphatic heterocycles. The predicted octanol–water partition coefficient (Wildman–Crippen LogP) is 3.12. The molecule has 2 amide bonds. The van der Waals surface area contributed by atoms with Crippen LogP contribution >= 0.6 is 11.3 Å². The molecular weight excluding hydrogens is 344 g/mol. The van der Waals surface area contributed by atoms with Gasteiger partial charge in [0.05, 0.1) is 17.6 Å². The molecule has 1 fully saturated rings. The molecule has 8 heteroatoms. The van der Waals surface area contributed by atoms with Crippen molar-refractivity contribution >= 4 is 34.3 Å². The number of carboxylic acid groups (broad SMARTS) is 1. The molecule has 1 aromatic rings. The van der Waals surface area contributed by atoms with E-state index in [9.17, 15) is 19.5 Å². The van der Waals surface area contributed by atoms with Gasteiger partial charge in [-0.3, -0.25) is 10.1 Å². The Kier molecular flexibility index (Phi) is 5.72. The highest BCUT2D eigenvalue weighted by molar-refractivity contribution is 7.16. The van der Waals surface area contributed by atoms with Crippen LogP contribution in [0.25, 0.3) is 0 Å². The number of amides is 2. The maximum Gasteiger partial charge on any atom is 0.341 e. The third-order valence-electron chi connectivity index (χ3n) is 4.54. The van der Waals surface area contributed by atoms with E-state index in [2.05, 4.69) is 5.32 Å². The van der Waals surface area contributed by atoms with Gasteiger partial charge >= 0.3 is 18.0 Å². The van der Waals surface area contributed by atoms with E-state index < -0.39 is 17.4 Å². The van der Waals surface area contributed by atoms with Crippen molar-refractivity contribution < 1.29 is 24.2 Å². The molecule has 138 valence electrons. The number of hydrogen-bond acceptors (Lipinski definition) is 5. The van der Waals surface area contributed by atoms with Crippen molar-refractivity contribution in [3.63, 3.8) is 0 Å². The lowest BCUT2D eigenvalue weighted by Crippen LogP contribution is -2.37. The van der Waals surface area contributed by atoms with Crippen molar-refractivity contribution in [3.05, 3.63) is 16.0 Å². The molecule has 0 saturated carbocycles. The van der Waals surface area contributed by atoms with E-state index >= 15 is 0 Å². The summed E-state index contributed by atoms with van der Waals surface area (Å²) in [5, 5.41) is 12.5. The third-order valence-corrected chi connectivity index (χ3v) is 5.60. The van der Waals surface area contributed by atoms with Crippen LogP contribution in [0.15, 0.2) is 0 Å². The van der Waals surface area contributed by atoms with E-state index in [0.717, 1.165) is 10.4 Å². The first-order valence-corrected chi connectivity index (χ1v) is 9.13. The molecule has 1 aliphatic rings. The smallest absolute Gasteiger partial charge is 0.341 e. The average molecular weight is 368 g/mol. The Morgan fingerprint density at radius 2 is 2.04 bits per heavy atom. The van der Waals surface area contributed by atoms with E-state index in [-0.39, 0.29) is 19.2 Å². The number of thiophene rings is 1. The average Bonchev–Trinajstić information content (AvgIpc) is 3.09. The molecular formula is C17H24N2O5S. The number of nitrogens with zero attached hydrogens (tertiary/aromatic N) is 1. The molecule has 1 atom stereocenters. The number of anilines is 1. The number of nitrogens with one attached hydrogen (secondary N) is 1. The molecule has 1 saturated heterocycles. The maximum atomic E-state index is 12.5. The van der Waals surface area contributed by atoms with Crippen LogP contribution in [0.3, 0.4) is 0 Å². The standard InChI is InChI=1S/C17H24N2O5S/c1-5-11-10(3)25-13(12(11)14(20)24-6-2)18-16(23)19-8-7-17(4,9-19)15(21)22/h5-9H2,1-4H3,(H,18,23)(H,21,22). The number of likely N-dealkylation sites (tertiary alicyclic amines) is 1. The van der Waals surface area contributed by atoms with Gasteiger partial charge in [-0.15, -0.1) is 11.3 Å². The first-order valence-electron chi connectivity index (χ1n) is 8.32. The van der Waals surface area contributed by atoms with Gasteiger partial charge in [0.1, 0.15) is 5.00 Å². The molecule has 0 spiro atoms. The van der Waals surface area contributed by atoms with Gasteiger partial charge < -0.3 is 14.7 Å². The molecule has 7 nitrogen and oxygen atoms in total. The number of ether oxygens (including phenoxy) is 1. The SMILES string of the molecule is CCOC(=O)c1c(NC(=O)N2CCC(C)(C(=O)O)C2)sc(C)c1CC. The van der Waals surface area contributed by atoms with E-state index in [4.69, 9.17) is 4.74 Å². The second kappa shape index (κ2) is 7.43. The van der Waals surface area contributed by atoms with Gasteiger partial charge in [0.2, 0.25) is 0 Å². The van der Waals surface area contributed by atoms with Crippen LogP contribution in [0.2, 0.25) is 0 Å². The van der Waals surface area contributed by atoms with Gasteiger partial charge in [-0.25, -0.2) is 9.59 Å². The molecule has 0 aliphatic carbocycles. The number of esters is 1. The highest BCUT2D eigenvalue weighted by Gasteiger charge is 2.42. The van der Waals surface area contributed by atoms with E-state index in [1.54, 1.807) is 13.8 Å². The molecule has 0 bridgehead atoms. The monoisotopic (exact) mass is 368 g/mol. The Morgan fingerprint density at radius 1 is 1.36 bits per heavy atom. The summed E-state index contributed by atoms with van der Waals surface area (Å²) >= 11 is 1.34. The molecule has 1 unspecified atom stereocenters. The number of aliphatic carboxylic acids is 1. The highest BCUT2D eigenvalue weighted by Crippen LogP contribution is 2.35. The molecule has 25 heavy (non-hydrogen) atoms. The van der Waals surface area contributed by atoms with Crippen LogP contribution in [-0.2, 0) is 16.0 Å². The summed E-state index contributed by atoms with van der Waals surface area (Å²) < 4.78 is 5.12. The Balaban J connectivity index is 2.21. The minimum atomic E-state index is -0.929. The third kappa shape index (κ3) is 3.78. The summed E-state index contributed by atoms with van der Waals surface area (Å²) in [7, 11) is 0. The van der Waals surface area contributed by atoms with Gasteiger partial charge in [0, 0.05) is 18.0 Å². The van der Waals surface area contributed by atoms with E-state index in [0.29, 0.717) is 30.0 Å². The molecule has 0 aromatic carbocycles. The van der Waals surface area contributed by atoms with Crippen molar-refractivity contribution in [1.82, 2.24) is 4.90 Å². The van der Waals surface area contributed by atoms with Gasteiger partial charge in [-0.05, 0) is 39.2 Å². The number of carboxylic acids is 1. The van der Waals surface area contributed by atoms with Crippen LogP contribution < -0.4 is 5.32 Å². The highest BCUT2D eigenvalue weighted by atomic mass is 32.1. The number of carbonyl (C=O) groups excluding carboxylic acids is 2. The Morgan fingerprint density at radius 3 is 2.56 bits per heavy atom. The fraction of sp³-hybridized carbons (Fsp3) is 0.588. The van der Waals surface area contributed by atoms with Gasteiger partial charge in [0.15, 0.2) is 0 Å². The lowest BCUT2D eigenvalue weighted by atomic mass is 9.90. The molecule has 2 rings (SSSR count). The summed E-state index contributed by atoms with van der Waals surface area (Å²) in [5.41, 5.74) is 0.345.